The molecule has 2 nitrogen and oxygen atoms in total. The van der Waals surface area contributed by atoms with E-state index in [1.54, 1.807) is 0 Å². The molecule has 1 N–H and O–H groups in total. The van der Waals surface area contributed by atoms with E-state index in [0.29, 0.717) is 6.17 Å². The molecule has 0 bridgehead atoms. The average Bonchev–Trinajstić information content (AvgIpc) is 2.68. The maximum absolute atomic E-state index is 3.53. The molecule has 0 saturated carbocycles. The predicted molar refractivity (Wildman–Crippen MR) is 60.5 cm³/mol. The average molecular weight is 190 g/mol. The molecule has 0 aliphatic carbocycles. The van der Waals surface area contributed by atoms with Crippen molar-refractivity contribution < 1.29 is 0 Å². The van der Waals surface area contributed by atoms with Gasteiger partial charge in [-0.1, -0.05) is 31.5 Å². The van der Waals surface area contributed by atoms with Crippen LogP contribution in [0, 0.1) is 0 Å². The van der Waals surface area contributed by atoms with E-state index >= 15 is 0 Å². The first-order valence-electron chi connectivity index (χ1n) is 5.47. The lowest BCUT2D eigenvalue weighted by Crippen LogP contribution is -2.35. The van der Waals surface area contributed by atoms with E-state index < -0.39 is 0 Å². The Hall–Kier alpha value is -1.02. The lowest BCUT2D eigenvalue weighted by atomic mass is 10.2. The van der Waals surface area contributed by atoms with Crippen molar-refractivity contribution in [1.29, 1.82) is 0 Å². The Morgan fingerprint density at radius 1 is 1.36 bits per heavy atom. The molecule has 1 saturated heterocycles. The molecule has 2 rings (SSSR count). The Bertz CT molecular complexity index is 271. The second-order valence-electron chi connectivity index (χ2n) is 3.79. The molecule has 1 aliphatic rings. The van der Waals surface area contributed by atoms with Crippen LogP contribution in [-0.2, 0) is 0 Å². The van der Waals surface area contributed by atoms with Crippen molar-refractivity contribution in [2.45, 2.75) is 25.9 Å². The summed E-state index contributed by atoms with van der Waals surface area (Å²) in [7, 11) is 0. The van der Waals surface area contributed by atoms with Crippen LogP contribution in [-0.4, -0.2) is 19.3 Å². The molecule has 1 unspecified atom stereocenters. The summed E-state index contributed by atoms with van der Waals surface area (Å²) in [5, 5.41) is 3.53. The zero-order chi connectivity index (χ0) is 9.80. The lowest BCUT2D eigenvalue weighted by molar-refractivity contribution is 0.551. The van der Waals surface area contributed by atoms with E-state index in [1.165, 1.54) is 18.5 Å². The fourth-order valence-electron chi connectivity index (χ4n) is 2.08. The number of rotatable bonds is 3. The highest BCUT2D eigenvalue weighted by Crippen LogP contribution is 2.19. The summed E-state index contributed by atoms with van der Waals surface area (Å²) < 4.78 is 0. The number of nitrogens with zero attached hydrogens (tertiary/aromatic N) is 1. The van der Waals surface area contributed by atoms with Gasteiger partial charge in [0.2, 0.25) is 0 Å². The maximum atomic E-state index is 3.53. The highest BCUT2D eigenvalue weighted by molar-refractivity contribution is 5.47. The largest absolute Gasteiger partial charge is 0.355 e. The van der Waals surface area contributed by atoms with E-state index in [1.807, 2.05) is 0 Å². The van der Waals surface area contributed by atoms with Crippen molar-refractivity contribution in [3.8, 4) is 0 Å². The zero-order valence-corrected chi connectivity index (χ0v) is 8.74. The van der Waals surface area contributed by atoms with Gasteiger partial charge >= 0.3 is 0 Å². The number of nitrogens with one attached hydrogen (secondary N) is 1. The second-order valence-corrected chi connectivity index (χ2v) is 3.79. The molecule has 1 atom stereocenters. The molecule has 0 amide bonds. The smallest absolute Gasteiger partial charge is 0.0796 e. The first-order valence-corrected chi connectivity index (χ1v) is 5.47. The Kier molecular flexibility index (Phi) is 3.04. The van der Waals surface area contributed by atoms with Crippen LogP contribution in [0.3, 0.4) is 0 Å². The van der Waals surface area contributed by atoms with E-state index in [9.17, 15) is 0 Å². The van der Waals surface area contributed by atoms with Gasteiger partial charge in [-0.2, -0.15) is 0 Å². The standard InChI is InChI=1S/C12H18N2/c1-2-6-12-13-9-10-14(12)11-7-4-3-5-8-11/h3-5,7-8,12-13H,2,6,9-10H2,1H3. The Balaban J connectivity index is 2.10. The SMILES string of the molecule is CCCC1NCCN1c1ccccc1. The fourth-order valence-corrected chi connectivity index (χ4v) is 2.08. The van der Waals surface area contributed by atoms with Crippen LogP contribution in [0.1, 0.15) is 19.8 Å². The van der Waals surface area contributed by atoms with Gasteiger partial charge in [-0.15, -0.1) is 0 Å². The van der Waals surface area contributed by atoms with Crippen molar-refractivity contribution in [3.05, 3.63) is 30.3 Å². The molecule has 0 aromatic heterocycles. The Labute approximate surface area is 85.9 Å². The zero-order valence-electron chi connectivity index (χ0n) is 8.74. The summed E-state index contributed by atoms with van der Waals surface area (Å²) in [6.07, 6.45) is 3.01. The molecule has 1 aliphatic heterocycles. The molecular formula is C12H18N2. The van der Waals surface area contributed by atoms with Crippen molar-refractivity contribution in [2.24, 2.45) is 0 Å². The third kappa shape index (κ3) is 1.90. The number of anilines is 1. The molecule has 2 heteroatoms. The molecule has 0 spiro atoms. The van der Waals surface area contributed by atoms with Gasteiger partial charge in [0, 0.05) is 18.8 Å². The third-order valence-electron chi connectivity index (χ3n) is 2.76. The minimum absolute atomic E-state index is 0.544. The number of benzene rings is 1. The molecule has 1 fully saturated rings. The molecule has 76 valence electrons. The summed E-state index contributed by atoms with van der Waals surface area (Å²) in [5.41, 5.74) is 1.34. The fraction of sp³-hybridized carbons (Fsp3) is 0.500. The van der Waals surface area contributed by atoms with Gasteiger partial charge < -0.3 is 4.90 Å². The van der Waals surface area contributed by atoms with Crippen molar-refractivity contribution in [1.82, 2.24) is 5.32 Å². The molecule has 1 heterocycles. The van der Waals surface area contributed by atoms with Crippen LogP contribution in [0.4, 0.5) is 5.69 Å². The highest BCUT2D eigenvalue weighted by Gasteiger charge is 2.22. The third-order valence-corrected chi connectivity index (χ3v) is 2.76. The van der Waals surface area contributed by atoms with Crippen LogP contribution in [0.15, 0.2) is 30.3 Å². The van der Waals surface area contributed by atoms with Crippen molar-refractivity contribution in [2.75, 3.05) is 18.0 Å². The summed E-state index contributed by atoms with van der Waals surface area (Å²) in [6, 6.07) is 10.7. The summed E-state index contributed by atoms with van der Waals surface area (Å²) in [4.78, 5) is 2.46. The minimum atomic E-state index is 0.544. The number of hydrogen-bond acceptors (Lipinski definition) is 2. The van der Waals surface area contributed by atoms with Crippen LogP contribution < -0.4 is 10.2 Å². The summed E-state index contributed by atoms with van der Waals surface area (Å²) >= 11 is 0. The van der Waals surface area contributed by atoms with Gasteiger partial charge in [-0.3, -0.25) is 5.32 Å². The van der Waals surface area contributed by atoms with Crippen LogP contribution in [0.5, 0.6) is 0 Å². The van der Waals surface area contributed by atoms with E-state index in [2.05, 4.69) is 47.5 Å². The predicted octanol–water partition coefficient (Wildman–Crippen LogP) is 2.22. The lowest BCUT2D eigenvalue weighted by Gasteiger charge is -2.25. The monoisotopic (exact) mass is 190 g/mol. The van der Waals surface area contributed by atoms with E-state index in [0.717, 1.165) is 13.1 Å². The normalized spacial score (nSPS) is 21.5. The number of hydrogen-bond donors (Lipinski definition) is 1. The topological polar surface area (TPSA) is 15.3 Å². The van der Waals surface area contributed by atoms with Crippen molar-refractivity contribution in [3.63, 3.8) is 0 Å². The van der Waals surface area contributed by atoms with Crippen LogP contribution in [0.2, 0.25) is 0 Å². The van der Waals surface area contributed by atoms with E-state index in [-0.39, 0.29) is 0 Å². The van der Waals surface area contributed by atoms with Crippen LogP contribution >= 0.6 is 0 Å². The van der Waals surface area contributed by atoms with Gasteiger partial charge in [0.1, 0.15) is 0 Å². The van der Waals surface area contributed by atoms with Gasteiger partial charge in [-0.05, 0) is 18.6 Å². The molecule has 14 heavy (non-hydrogen) atoms. The van der Waals surface area contributed by atoms with Crippen LogP contribution in [0.25, 0.3) is 0 Å². The van der Waals surface area contributed by atoms with Gasteiger partial charge in [-0.25, -0.2) is 0 Å². The van der Waals surface area contributed by atoms with Crippen molar-refractivity contribution >= 4 is 5.69 Å². The first kappa shape index (κ1) is 9.53. The van der Waals surface area contributed by atoms with Gasteiger partial charge in [0.05, 0.1) is 6.17 Å². The number of para-hydroxylation sites is 1. The second kappa shape index (κ2) is 4.47. The summed E-state index contributed by atoms with van der Waals surface area (Å²) in [5.74, 6) is 0. The minimum Gasteiger partial charge on any atom is -0.355 e. The quantitative estimate of drug-likeness (QED) is 0.786. The highest BCUT2D eigenvalue weighted by atomic mass is 15.3. The molecular weight excluding hydrogens is 172 g/mol. The molecule has 1 aromatic carbocycles. The molecule has 0 radical (unpaired) electrons. The summed E-state index contributed by atoms with van der Waals surface area (Å²) in [6.45, 7) is 4.48. The Morgan fingerprint density at radius 2 is 2.14 bits per heavy atom. The van der Waals surface area contributed by atoms with Gasteiger partial charge in [0.25, 0.3) is 0 Å². The molecule has 1 aromatic rings. The van der Waals surface area contributed by atoms with Gasteiger partial charge in [0.15, 0.2) is 0 Å². The Morgan fingerprint density at radius 3 is 2.86 bits per heavy atom. The maximum Gasteiger partial charge on any atom is 0.0796 e. The van der Waals surface area contributed by atoms with E-state index in [4.69, 9.17) is 0 Å². The first-order chi connectivity index (χ1) is 6.92.